The summed E-state index contributed by atoms with van der Waals surface area (Å²) in [7, 11) is 3.19. The number of benzene rings is 2. The van der Waals surface area contributed by atoms with Crippen LogP contribution < -0.4 is 15.6 Å². The molecule has 2 aromatic carbocycles. The summed E-state index contributed by atoms with van der Waals surface area (Å²) in [5.74, 6) is 0.499. The normalized spacial score (nSPS) is 11.1. The molecule has 2 aromatic heterocycles. The highest BCUT2D eigenvalue weighted by atomic mass is 79.9. The lowest BCUT2D eigenvalue weighted by Gasteiger charge is -2.12. The van der Waals surface area contributed by atoms with Crippen molar-refractivity contribution < 1.29 is 9.53 Å². The molecule has 4 rings (SSSR count). The average molecular weight is 455 g/mol. The summed E-state index contributed by atoms with van der Waals surface area (Å²) in [5, 5.41) is 8.68. The second kappa shape index (κ2) is 7.71. The summed E-state index contributed by atoms with van der Waals surface area (Å²) in [4.78, 5) is 25.5. The van der Waals surface area contributed by atoms with E-state index in [0.29, 0.717) is 17.8 Å². The molecule has 0 saturated heterocycles. The molecule has 29 heavy (non-hydrogen) atoms. The molecule has 0 unspecified atom stereocenters. The second-order valence-corrected chi connectivity index (χ2v) is 7.59. The molecule has 148 valence electrons. The lowest BCUT2D eigenvalue weighted by molar-refractivity contribution is -0.121. The van der Waals surface area contributed by atoms with Crippen molar-refractivity contribution in [2.75, 3.05) is 7.11 Å². The first-order valence-electron chi connectivity index (χ1n) is 9.02. The van der Waals surface area contributed by atoms with Gasteiger partial charge in [0.2, 0.25) is 5.91 Å². The Morgan fingerprint density at radius 3 is 2.79 bits per heavy atom. The number of halogens is 1. The summed E-state index contributed by atoms with van der Waals surface area (Å²) >= 11 is 3.43. The number of para-hydroxylation sites is 1. The Bertz CT molecular complexity index is 1290. The first kappa shape index (κ1) is 19.2. The van der Waals surface area contributed by atoms with Gasteiger partial charge in [-0.3, -0.25) is 9.59 Å². The van der Waals surface area contributed by atoms with Gasteiger partial charge in [-0.05, 0) is 24.3 Å². The van der Waals surface area contributed by atoms with Crippen LogP contribution in [0.25, 0.3) is 21.8 Å². The summed E-state index contributed by atoms with van der Waals surface area (Å²) in [6, 6.07) is 13.3. The van der Waals surface area contributed by atoms with Crippen LogP contribution in [-0.4, -0.2) is 27.4 Å². The highest BCUT2D eigenvalue weighted by Gasteiger charge is 2.17. The first-order chi connectivity index (χ1) is 14.0. The maximum atomic E-state index is 12.7. The molecule has 0 saturated carbocycles. The van der Waals surface area contributed by atoms with Crippen molar-refractivity contribution in [1.82, 2.24) is 19.7 Å². The van der Waals surface area contributed by atoms with E-state index in [1.54, 1.807) is 24.9 Å². The highest BCUT2D eigenvalue weighted by molar-refractivity contribution is 9.10. The number of nitrogens with zero attached hydrogens (tertiary/aromatic N) is 3. The molecule has 8 heteroatoms. The van der Waals surface area contributed by atoms with Crippen LogP contribution in [-0.2, 0) is 24.9 Å². The number of hydrogen-bond acceptors (Lipinski definition) is 4. The number of aromatic nitrogens is 3. The maximum Gasteiger partial charge on any atom is 0.291 e. The van der Waals surface area contributed by atoms with E-state index in [4.69, 9.17) is 4.74 Å². The molecule has 0 spiro atoms. The minimum atomic E-state index is -0.236. The number of hydrogen-bond donors (Lipinski definition) is 1. The predicted octanol–water partition coefficient (Wildman–Crippen LogP) is 2.98. The van der Waals surface area contributed by atoms with Crippen molar-refractivity contribution in [3.05, 3.63) is 69.1 Å². The van der Waals surface area contributed by atoms with Crippen molar-refractivity contribution in [3.63, 3.8) is 0 Å². The molecule has 2 heterocycles. The number of ether oxygens (including phenoxy) is 1. The molecule has 7 nitrogen and oxygen atoms in total. The predicted molar refractivity (Wildman–Crippen MR) is 115 cm³/mol. The molecule has 0 aliphatic rings. The van der Waals surface area contributed by atoms with Gasteiger partial charge in [-0.2, -0.15) is 5.10 Å². The Morgan fingerprint density at radius 2 is 2.00 bits per heavy atom. The molecule has 4 aromatic rings. The Hall–Kier alpha value is -3.13. The zero-order valence-electron chi connectivity index (χ0n) is 16.0. The fraction of sp³-hybridized carbons (Fsp3) is 0.190. The molecular formula is C21H19BrN4O3. The fourth-order valence-electron chi connectivity index (χ4n) is 3.48. The molecule has 1 amide bonds. The van der Waals surface area contributed by atoms with Crippen molar-refractivity contribution in [3.8, 4) is 5.75 Å². The minimum absolute atomic E-state index is 0.0274. The number of aryl methyl sites for hydroxylation is 1. The molecular weight excluding hydrogens is 436 g/mol. The molecule has 0 atom stereocenters. The number of fused-ring (bicyclic) bond motifs is 3. The zero-order valence-corrected chi connectivity index (χ0v) is 17.6. The Kier molecular flexibility index (Phi) is 5.10. The van der Waals surface area contributed by atoms with Gasteiger partial charge in [-0.25, -0.2) is 4.68 Å². The molecule has 0 fully saturated rings. The van der Waals surface area contributed by atoms with Crippen molar-refractivity contribution in [2.45, 2.75) is 13.1 Å². The smallest absolute Gasteiger partial charge is 0.291 e. The summed E-state index contributed by atoms with van der Waals surface area (Å²) < 4.78 is 9.29. The van der Waals surface area contributed by atoms with Crippen molar-refractivity contribution in [2.24, 2.45) is 7.05 Å². The van der Waals surface area contributed by atoms with Crippen molar-refractivity contribution >= 4 is 43.6 Å². The highest BCUT2D eigenvalue weighted by Crippen LogP contribution is 2.26. The van der Waals surface area contributed by atoms with Crippen LogP contribution in [0.2, 0.25) is 0 Å². The third kappa shape index (κ3) is 3.51. The monoisotopic (exact) mass is 454 g/mol. The second-order valence-electron chi connectivity index (χ2n) is 6.67. The first-order valence-corrected chi connectivity index (χ1v) is 9.81. The summed E-state index contributed by atoms with van der Waals surface area (Å²) in [5.41, 5.74) is 1.92. The van der Waals surface area contributed by atoms with E-state index in [9.17, 15) is 9.59 Å². The number of methoxy groups -OCH3 is 1. The minimum Gasteiger partial charge on any atom is -0.496 e. The number of carbonyl (C=O) groups excluding carboxylic acids is 1. The van der Waals surface area contributed by atoms with Crippen LogP contribution in [0, 0.1) is 0 Å². The van der Waals surface area contributed by atoms with Gasteiger partial charge in [0, 0.05) is 39.9 Å². The van der Waals surface area contributed by atoms with Crippen LogP contribution >= 0.6 is 15.9 Å². The standard InChI is InChI=1S/C21H19BrN4O3/c1-25-21(28)20-16(11-24-25)15-5-3-4-6-17(15)26(20)12-19(27)23-10-13-9-14(22)7-8-18(13)29-2/h3-9,11H,10,12H2,1-2H3,(H,23,27). The lowest BCUT2D eigenvalue weighted by atomic mass is 10.2. The number of rotatable bonds is 5. The third-order valence-corrected chi connectivity index (χ3v) is 5.38. The Labute approximate surface area is 175 Å². The van der Waals surface area contributed by atoms with Crippen LogP contribution in [0.5, 0.6) is 5.75 Å². The van der Waals surface area contributed by atoms with Crippen LogP contribution in [0.3, 0.4) is 0 Å². The van der Waals surface area contributed by atoms with Crippen LogP contribution in [0.15, 0.2) is 57.9 Å². The van der Waals surface area contributed by atoms with Crippen molar-refractivity contribution in [1.29, 1.82) is 0 Å². The van der Waals surface area contributed by atoms with Gasteiger partial charge >= 0.3 is 0 Å². The quantitative estimate of drug-likeness (QED) is 0.502. The van der Waals surface area contributed by atoms with Gasteiger partial charge in [-0.1, -0.05) is 34.1 Å². The van der Waals surface area contributed by atoms with E-state index in [1.807, 2.05) is 42.5 Å². The van der Waals surface area contributed by atoms with E-state index in [2.05, 4.69) is 26.3 Å². The molecule has 0 radical (unpaired) electrons. The SMILES string of the molecule is COc1ccc(Br)cc1CNC(=O)Cn1c2ccccc2c2cnn(C)c(=O)c21. The van der Waals surface area contributed by atoms with Gasteiger partial charge in [0.25, 0.3) is 5.56 Å². The summed E-state index contributed by atoms with van der Waals surface area (Å²) in [6.45, 7) is 0.345. The largest absolute Gasteiger partial charge is 0.496 e. The molecule has 0 aliphatic carbocycles. The zero-order chi connectivity index (χ0) is 20.5. The van der Waals surface area contributed by atoms with Gasteiger partial charge < -0.3 is 14.6 Å². The number of amides is 1. The molecule has 0 aliphatic heterocycles. The van der Waals surface area contributed by atoms with Crippen LogP contribution in [0.1, 0.15) is 5.56 Å². The Morgan fingerprint density at radius 1 is 1.21 bits per heavy atom. The summed E-state index contributed by atoms with van der Waals surface area (Å²) in [6.07, 6.45) is 1.67. The number of nitrogens with one attached hydrogen (secondary N) is 1. The molecule has 1 N–H and O–H groups in total. The average Bonchev–Trinajstić information content (AvgIpc) is 3.03. The van der Waals surface area contributed by atoms with Gasteiger partial charge in [0.05, 0.1) is 13.3 Å². The topological polar surface area (TPSA) is 78.2 Å². The Balaban J connectivity index is 1.67. The van der Waals surface area contributed by atoms with E-state index < -0.39 is 0 Å². The number of carbonyl (C=O) groups is 1. The maximum absolute atomic E-state index is 12.7. The van der Waals surface area contributed by atoms with E-state index >= 15 is 0 Å². The van der Waals surface area contributed by atoms with Gasteiger partial charge in [0.1, 0.15) is 17.8 Å². The van der Waals surface area contributed by atoms with Gasteiger partial charge in [-0.15, -0.1) is 0 Å². The van der Waals surface area contributed by atoms with Gasteiger partial charge in [0.15, 0.2) is 0 Å². The fourth-order valence-corrected chi connectivity index (χ4v) is 3.89. The van der Waals surface area contributed by atoms with Crippen LogP contribution in [0.4, 0.5) is 0 Å². The lowest BCUT2D eigenvalue weighted by Crippen LogP contribution is -2.29. The molecule has 0 bridgehead atoms. The van der Waals surface area contributed by atoms with E-state index in [1.165, 1.54) is 4.68 Å². The van der Waals surface area contributed by atoms with E-state index in [-0.39, 0.29) is 18.0 Å². The third-order valence-electron chi connectivity index (χ3n) is 4.89. The van der Waals surface area contributed by atoms with E-state index in [0.717, 1.165) is 26.3 Å².